The van der Waals surface area contributed by atoms with Crippen molar-refractivity contribution in [3.63, 3.8) is 0 Å². The maximum absolute atomic E-state index is 13.3. The number of amides is 1. The molecule has 0 saturated heterocycles. The van der Waals surface area contributed by atoms with Gasteiger partial charge in [-0.1, -0.05) is 23.7 Å². The zero-order valence-corrected chi connectivity index (χ0v) is 17.0. The summed E-state index contributed by atoms with van der Waals surface area (Å²) in [6, 6.07) is 8.54. The van der Waals surface area contributed by atoms with Crippen molar-refractivity contribution < 1.29 is 14.0 Å². The summed E-state index contributed by atoms with van der Waals surface area (Å²) in [6.07, 6.45) is 3.96. The zero-order chi connectivity index (χ0) is 21.3. The first-order valence-corrected chi connectivity index (χ1v) is 10.3. The van der Waals surface area contributed by atoms with Crippen molar-refractivity contribution in [2.45, 2.75) is 37.8 Å². The predicted molar refractivity (Wildman–Crippen MR) is 113 cm³/mol. The first kappa shape index (κ1) is 20.5. The molecule has 0 bridgehead atoms. The number of nitrogens with zero attached hydrogens (tertiary/aromatic N) is 1. The van der Waals surface area contributed by atoms with Crippen molar-refractivity contribution in [3.8, 4) is 0 Å². The highest BCUT2D eigenvalue weighted by Crippen LogP contribution is 2.27. The van der Waals surface area contributed by atoms with E-state index in [9.17, 15) is 14.0 Å². The fourth-order valence-electron chi connectivity index (χ4n) is 4.00. The Morgan fingerprint density at radius 3 is 2.73 bits per heavy atom. The molecule has 3 atom stereocenters. The second kappa shape index (κ2) is 8.53. The molecule has 0 radical (unpaired) electrons. The highest BCUT2D eigenvalue weighted by Gasteiger charge is 2.33. The van der Waals surface area contributed by atoms with Gasteiger partial charge < -0.3 is 16.0 Å². The van der Waals surface area contributed by atoms with Crippen molar-refractivity contribution in [1.29, 1.82) is 0 Å². The van der Waals surface area contributed by atoms with Crippen LogP contribution in [0.1, 0.15) is 35.3 Å². The van der Waals surface area contributed by atoms with Crippen LogP contribution in [-0.2, 0) is 11.2 Å². The molecule has 2 aromatic heterocycles. The Bertz CT molecular complexity index is 1080. The molecule has 30 heavy (non-hydrogen) atoms. The first-order chi connectivity index (χ1) is 14.4. The Balaban J connectivity index is 1.56. The standard InChI is InChI=1S/C22H22ClFN4O2/c23-20-10-14-9-18(27-19(14)11-26-20)22(30)28-17(7-12-1-4-15(24)5-2-12)21(29)13-3-6-16(25)8-13/h1-2,4-5,9-11,13,16-17,27H,3,6-8,25H2,(H,28,30)/t13?,16-,17-/m0/s1. The number of benzene rings is 1. The number of aromatic amines is 1. The van der Waals surface area contributed by atoms with Gasteiger partial charge in [-0.2, -0.15) is 0 Å². The van der Waals surface area contributed by atoms with Gasteiger partial charge in [0, 0.05) is 17.3 Å². The Morgan fingerprint density at radius 2 is 2.03 bits per heavy atom. The topological polar surface area (TPSA) is 101 Å². The molecule has 8 heteroatoms. The second-order valence-electron chi connectivity index (χ2n) is 7.81. The number of fused-ring (bicyclic) bond motifs is 1. The van der Waals surface area contributed by atoms with Gasteiger partial charge in [0.15, 0.2) is 5.78 Å². The maximum Gasteiger partial charge on any atom is 0.268 e. The summed E-state index contributed by atoms with van der Waals surface area (Å²) in [5.74, 6) is -0.972. The van der Waals surface area contributed by atoms with Crippen LogP contribution >= 0.6 is 11.6 Å². The third-order valence-corrected chi connectivity index (χ3v) is 5.80. The number of aromatic nitrogens is 2. The number of H-pyrrole nitrogens is 1. The third kappa shape index (κ3) is 4.52. The molecule has 1 aromatic carbocycles. The lowest BCUT2D eigenvalue weighted by Gasteiger charge is -2.21. The van der Waals surface area contributed by atoms with Crippen LogP contribution in [-0.4, -0.2) is 33.7 Å². The number of carbonyl (C=O) groups is 2. The fourth-order valence-corrected chi connectivity index (χ4v) is 4.17. The number of halogens is 2. The highest BCUT2D eigenvalue weighted by molar-refractivity contribution is 6.30. The predicted octanol–water partition coefficient (Wildman–Crippen LogP) is 3.39. The Morgan fingerprint density at radius 1 is 1.27 bits per heavy atom. The van der Waals surface area contributed by atoms with Gasteiger partial charge in [-0.3, -0.25) is 9.59 Å². The molecule has 4 rings (SSSR count). The minimum absolute atomic E-state index is 0.00655. The van der Waals surface area contributed by atoms with Gasteiger partial charge in [0.25, 0.3) is 5.91 Å². The van der Waals surface area contributed by atoms with E-state index in [-0.39, 0.29) is 30.0 Å². The molecule has 1 unspecified atom stereocenters. The van der Waals surface area contributed by atoms with Crippen molar-refractivity contribution in [3.05, 3.63) is 64.8 Å². The molecule has 0 spiro atoms. The van der Waals surface area contributed by atoms with Crippen LogP contribution in [0.4, 0.5) is 4.39 Å². The van der Waals surface area contributed by atoms with E-state index < -0.39 is 11.9 Å². The molecule has 1 aliphatic rings. The Labute approximate surface area is 178 Å². The molecule has 1 saturated carbocycles. The molecule has 1 fully saturated rings. The van der Waals surface area contributed by atoms with Gasteiger partial charge in [-0.15, -0.1) is 0 Å². The van der Waals surface area contributed by atoms with Crippen molar-refractivity contribution in [2.75, 3.05) is 0 Å². The number of Topliss-reactive ketones (excluding diaryl/α,β-unsaturated/α-hetero) is 1. The molecule has 156 valence electrons. The largest absolute Gasteiger partial charge is 0.349 e. The smallest absolute Gasteiger partial charge is 0.268 e. The molecule has 3 aromatic rings. The van der Waals surface area contributed by atoms with Crippen molar-refractivity contribution in [2.24, 2.45) is 11.7 Å². The molecule has 1 amide bonds. The second-order valence-corrected chi connectivity index (χ2v) is 8.19. The number of carbonyl (C=O) groups excluding carboxylic acids is 2. The SMILES string of the molecule is N[C@H]1CCC(C(=O)[C@H](Cc2ccc(F)cc2)NC(=O)c2cc3cc(Cl)ncc3[nH]2)C1. The van der Waals surface area contributed by atoms with Crippen LogP contribution in [0.2, 0.25) is 5.15 Å². The van der Waals surface area contributed by atoms with Crippen LogP contribution in [0, 0.1) is 11.7 Å². The van der Waals surface area contributed by atoms with Crippen LogP contribution in [0.5, 0.6) is 0 Å². The summed E-state index contributed by atoms with van der Waals surface area (Å²) in [5, 5.41) is 3.94. The molecular weight excluding hydrogens is 407 g/mol. The van der Waals surface area contributed by atoms with E-state index in [4.69, 9.17) is 17.3 Å². The van der Waals surface area contributed by atoms with Crippen LogP contribution in [0.25, 0.3) is 10.9 Å². The van der Waals surface area contributed by atoms with E-state index in [0.717, 1.165) is 17.4 Å². The summed E-state index contributed by atoms with van der Waals surface area (Å²) in [5.41, 5.74) is 7.73. The molecule has 4 N–H and O–H groups in total. The molecule has 1 aliphatic carbocycles. The molecule has 2 heterocycles. The van der Waals surface area contributed by atoms with Gasteiger partial charge in [-0.05, 0) is 55.5 Å². The van der Waals surface area contributed by atoms with Crippen LogP contribution in [0.15, 0.2) is 42.6 Å². The molecule has 0 aliphatic heterocycles. The quantitative estimate of drug-likeness (QED) is 0.524. The summed E-state index contributed by atoms with van der Waals surface area (Å²) < 4.78 is 13.3. The van der Waals surface area contributed by atoms with Gasteiger partial charge in [0.1, 0.15) is 16.7 Å². The Kier molecular flexibility index (Phi) is 5.83. The Hall–Kier alpha value is -2.77. The van der Waals surface area contributed by atoms with Crippen LogP contribution < -0.4 is 11.1 Å². The number of rotatable bonds is 6. The lowest BCUT2D eigenvalue weighted by molar-refractivity contribution is -0.124. The lowest BCUT2D eigenvalue weighted by atomic mass is 9.92. The van der Waals surface area contributed by atoms with Crippen molar-refractivity contribution in [1.82, 2.24) is 15.3 Å². The number of pyridine rings is 1. The number of hydrogen-bond donors (Lipinski definition) is 3. The molecule has 6 nitrogen and oxygen atoms in total. The van der Waals surface area contributed by atoms with E-state index in [0.29, 0.717) is 29.2 Å². The minimum atomic E-state index is -0.730. The summed E-state index contributed by atoms with van der Waals surface area (Å²) in [4.78, 5) is 33.1. The number of hydrogen-bond acceptors (Lipinski definition) is 4. The van der Waals surface area contributed by atoms with Gasteiger partial charge >= 0.3 is 0 Å². The van der Waals surface area contributed by atoms with E-state index in [1.54, 1.807) is 30.5 Å². The lowest BCUT2D eigenvalue weighted by Crippen LogP contribution is -2.45. The highest BCUT2D eigenvalue weighted by atomic mass is 35.5. The summed E-state index contributed by atoms with van der Waals surface area (Å²) >= 11 is 5.91. The average Bonchev–Trinajstić information content (AvgIpc) is 3.34. The maximum atomic E-state index is 13.3. The third-order valence-electron chi connectivity index (χ3n) is 5.59. The van der Waals surface area contributed by atoms with Gasteiger partial charge in [0.2, 0.25) is 0 Å². The number of ketones is 1. The first-order valence-electron chi connectivity index (χ1n) is 9.88. The van der Waals surface area contributed by atoms with E-state index >= 15 is 0 Å². The van der Waals surface area contributed by atoms with E-state index in [1.807, 2.05) is 0 Å². The summed E-state index contributed by atoms with van der Waals surface area (Å²) in [6.45, 7) is 0. The van der Waals surface area contributed by atoms with Gasteiger partial charge in [-0.25, -0.2) is 9.37 Å². The normalized spacial score (nSPS) is 19.7. The number of nitrogens with one attached hydrogen (secondary N) is 2. The van der Waals surface area contributed by atoms with E-state index in [1.165, 1.54) is 12.1 Å². The monoisotopic (exact) mass is 428 g/mol. The number of nitrogens with two attached hydrogens (primary N) is 1. The average molecular weight is 429 g/mol. The van der Waals surface area contributed by atoms with E-state index in [2.05, 4.69) is 15.3 Å². The minimum Gasteiger partial charge on any atom is -0.349 e. The summed E-state index contributed by atoms with van der Waals surface area (Å²) in [7, 11) is 0. The zero-order valence-electron chi connectivity index (χ0n) is 16.2. The molecular formula is C22H22ClFN4O2. The van der Waals surface area contributed by atoms with Crippen molar-refractivity contribution >= 4 is 34.2 Å². The van der Waals surface area contributed by atoms with Crippen LogP contribution in [0.3, 0.4) is 0 Å². The van der Waals surface area contributed by atoms with Gasteiger partial charge in [0.05, 0.1) is 17.8 Å². The fraction of sp³-hybridized carbons (Fsp3) is 0.318.